The standard InChI is InChI=1S/C15H20FNO3/c1-20-12-2-9-17(10-11-18)15(19)8-5-13-3-6-14(16)7-4-13/h3-8,18H,2,9-12H2,1H3/b8-5+. The van der Waals surface area contributed by atoms with Crippen molar-refractivity contribution in [3.63, 3.8) is 0 Å². The molecular weight excluding hydrogens is 261 g/mol. The lowest BCUT2D eigenvalue weighted by molar-refractivity contribution is -0.126. The highest BCUT2D eigenvalue weighted by Gasteiger charge is 2.09. The number of rotatable bonds is 8. The Hall–Kier alpha value is -1.72. The first-order valence-corrected chi connectivity index (χ1v) is 6.49. The lowest BCUT2D eigenvalue weighted by Crippen LogP contribution is -2.33. The predicted octanol–water partition coefficient (Wildman–Crippen LogP) is 1.70. The van der Waals surface area contributed by atoms with E-state index in [4.69, 9.17) is 9.84 Å². The van der Waals surface area contributed by atoms with Crippen LogP contribution in [0.5, 0.6) is 0 Å². The number of amides is 1. The molecule has 0 saturated heterocycles. The van der Waals surface area contributed by atoms with Crippen molar-refractivity contribution in [3.8, 4) is 0 Å². The molecule has 0 atom stereocenters. The SMILES string of the molecule is COCCCN(CCO)C(=O)/C=C/c1ccc(F)cc1. The summed E-state index contributed by atoms with van der Waals surface area (Å²) >= 11 is 0. The molecule has 0 aromatic heterocycles. The molecule has 0 radical (unpaired) electrons. The van der Waals surface area contributed by atoms with Crippen LogP contribution in [0.1, 0.15) is 12.0 Å². The lowest BCUT2D eigenvalue weighted by atomic mass is 10.2. The van der Waals surface area contributed by atoms with E-state index in [-0.39, 0.29) is 24.9 Å². The highest BCUT2D eigenvalue weighted by Crippen LogP contribution is 2.05. The molecule has 1 N–H and O–H groups in total. The van der Waals surface area contributed by atoms with Gasteiger partial charge in [0.25, 0.3) is 0 Å². The summed E-state index contributed by atoms with van der Waals surface area (Å²) in [6.07, 6.45) is 3.77. The van der Waals surface area contributed by atoms with Gasteiger partial charge in [0.2, 0.25) is 5.91 Å². The molecule has 1 aromatic rings. The summed E-state index contributed by atoms with van der Waals surface area (Å²) in [6.45, 7) is 1.30. The number of aliphatic hydroxyl groups is 1. The first kappa shape index (κ1) is 16.3. The van der Waals surface area contributed by atoms with Crippen molar-refractivity contribution >= 4 is 12.0 Å². The molecule has 0 heterocycles. The minimum absolute atomic E-state index is 0.0802. The van der Waals surface area contributed by atoms with E-state index in [1.165, 1.54) is 18.2 Å². The van der Waals surface area contributed by atoms with Crippen molar-refractivity contribution in [2.45, 2.75) is 6.42 Å². The third-order valence-electron chi connectivity index (χ3n) is 2.75. The molecule has 0 bridgehead atoms. The maximum atomic E-state index is 12.7. The topological polar surface area (TPSA) is 49.8 Å². The van der Waals surface area contributed by atoms with Gasteiger partial charge in [-0.1, -0.05) is 12.1 Å². The minimum Gasteiger partial charge on any atom is -0.395 e. The highest BCUT2D eigenvalue weighted by molar-refractivity contribution is 5.91. The van der Waals surface area contributed by atoms with E-state index in [0.717, 1.165) is 5.56 Å². The summed E-state index contributed by atoms with van der Waals surface area (Å²) < 4.78 is 17.7. The smallest absolute Gasteiger partial charge is 0.246 e. The van der Waals surface area contributed by atoms with E-state index in [1.54, 1.807) is 30.2 Å². The molecule has 0 spiro atoms. The van der Waals surface area contributed by atoms with Gasteiger partial charge in [-0.3, -0.25) is 4.79 Å². The third kappa shape index (κ3) is 5.95. The fourth-order valence-electron chi connectivity index (χ4n) is 1.70. The number of nitrogens with zero attached hydrogens (tertiary/aromatic N) is 1. The quantitative estimate of drug-likeness (QED) is 0.583. The largest absolute Gasteiger partial charge is 0.395 e. The molecule has 4 nitrogen and oxygen atoms in total. The van der Waals surface area contributed by atoms with Gasteiger partial charge in [0.05, 0.1) is 6.61 Å². The molecule has 0 unspecified atom stereocenters. The zero-order valence-corrected chi connectivity index (χ0v) is 11.6. The summed E-state index contributed by atoms with van der Waals surface area (Å²) in [4.78, 5) is 13.5. The average Bonchev–Trinajstić information content (AvgIpc) is 2.45. The summed E-state index contributed by atoms with van der Waals surface area (Å²) in [7, 11) is 1.60. The van der Waals surface area contributed by atoms with E-state index in [0.29, 0.717) is 19.6 Å². The number of methoxy groups -OCH3 is 1. The van der Waals surface area contributed by atoms with Crippen LogP contribution in [0.3, 0.4) is 0 Å². The van der Waals surface area contributed by atoms with Crippen LogP contribution >= 0.6 is 0 Å². The van der Waals surface area contributed by atoms with Gasteiger partial charge >= 0.3 is 0 Å². The van der Waals surface area contributed by atoms with Crippen LogP contribution in [0.15, 0.2) is 30.3 Å². The molecule has 1 aromatic carbocycles. The van der Waals surface area contributed by atoms with E-state index >= 15 is 0 Å². The molecule has 1 rings (SSSR count). The van der Waals surface area contributed by atoms with Crippen molar-refractivity contribution in [3.05, 3.63) is 41.7 Å². The molecule has 110 valence electrons. The monoisotopic (exact) mass is 281 g/mol. The second kappa shape index (κ2) is 9.23. The fourth-order valence-corrected chi connectivity index (χ4v) is 1.70. The number of hydrogen-bond donors (Lipinski definition) is 1. The molecule has 5 heteroatoms. The first-order valence-electron chi connectivity index (χ1n) is 6.49. The molecule has 1 amide bonds. The number of halogens is 1. The number of hydrogen-bond acceptors (Lipinski definition) is 3. The Bertz CT molecular complexity index is 431. The zero-order chi connectivity index (χ0) is 14.8. The number of ether oxygens (including phenoxy) is 1. The Balaban J connectivity index is 2.57. The summed E-state index contributed by atoms with van der Waals surface area (Å²) in [6, 6.07) is 5.88. The van der Waals surface area contributed by atoms with E-state index < -0.39 is 0 Å². The van der Waals surface area contributed by atoms with Crippen molar-refractivity contribution in [1.82, 2.24) is 4.90 Å². The number of aliphatic hydroxyl groups excluding tert-OH is 1. The maximum absolute atomic E-state index is 12.7. The van der Waals surface area contributed by atoms with Crippen LogP contribution in [0.4, 0.5) is 4.39 Å². The highest BCUT2D eigenvalue weighted by atomic mass is 19.1. The Morgan fingerprint density at radius 2 is 2.05 bits per heavy atom. The molecule has 0 saturated carbocycles. The van der Waals surface area contributed by atoms with Gasteiger partial charge in [-0.05, 0) is 30.2 Å². The second-order valence-electron chi connectivity index (χ2n) is 4.28. The zero-order valence-electron chi connectivity index (χ0n) is 11.6. The molecule has 20 heavy (non-hydrogen) atoms. The Labute approximate surface area is 118 Å². The summed E-state index contributed by atoms with van der Waals surface area (Å²) in [5.41, 5.74) is 0.751. The molecule has 0 aliphatic carbocycles. The summed E-state index contributed by atoms with van der Waals surface area (Å²) in [5, 5.41) is 8.97. The Kier molecular flexibility index (Phi) is 7.54. The van der Waals surface area contributed by atoms with E-state index in [2.05, 4.69) is 0 Å². The van der Waals surface area contributed by atoms with Crippen LogP contribution in [-0.2, 0) is 9.53 Å². The van der Waals surface area contributed by atoms with Crippen molar-refractivity contribution < 1.29 is 19.0 Å². The third-order valence-corrected chi connectivity index (χ3v) is 2.75. The van der Waals surface area contributed by atoms with E-state index in [9.17, 15) is 9.18 Å². The predicted molar refractivity (Wildman–Crippen MR) is 75.6 cm³/mol. The number of carbonyl (C=O) groups is 1. The first-order chi connectivity index (χ1) is 9.67. The van der Waals surface area contributed by atoms with Crippen molar-refractivity contribution in [1.29, 1.82) is 0 Å². The molecular formula is C15H20FNO3. The Morgan fingerprint density at radius 1 is 1.35 bits per heavy atom. The van der Waals surface area contributed by atoms with Gasteiger partial charge in [-0.15, -0.1) is 0 Å². The van der Waals surface area contributed by atoms with E-state index in [1.807, 2.05) is 0 Å². The van der Waals surface area contributed by atoms with Crippen molar-refractivity contribution in [2.75, 3.05) is 33.4 Å². The second-order valence-corrected chi connectivity index (χ2v) is 4.28. The van der Waals surface area contributed by atoms with Gasteiger partial charge < -0.3 is 14.7 Å². The van der Waals surface area contributed by atoms with Crippen molar-refractivity contribution in [2.24, 2.45) is 0 Å². The average molecular weight is 281 g/mol. The lowest BCUT2D eigenvalue weighted by Gasteiger charge is -2.19. The van der Waals surface area contributed by atoms with Crippen LogP contribution < -0.4 is 0 Å². The molecule has 0 fully saturated rings. The van der Waals surface area contributed by atoms with Gasteiger partial charge in [0.1, 0.15) is 5.82 Å². The minimum atomic E-state index is -0.310. The summed E-state index contributed by atoms with van der Waals surface area (Å²) in [5.74, 6) is -0.491. The van der Waals surface area contributed by atoms with Gasteiger partial charge in [-0.2, -0.15) is 0 Å². The fraction of sp³-hybridized carbons (Fsp3) is 0.400. The number of benzene rings is 1. The number of carbonyl (C=O) groups excluding carboxylic acids is 1. The van der Waals surface area contributed by atoms with Gasteiger partial charge in [0.15, 0.2) is 0 Å². The van der Waals surface area contributed by atoms with Gasteiger partial charge in [0, 0.05) is 32.9 Å². The van der Waals surface area contributed by atoms with Crippen LogP contribution in [0.25, 0.3) is 6.08 Å². The normalized spacial score (nSPS) is 10.9. The Morgan fingerprint density at radius 3 is 2.65 bits per heavy atom. The maximum Gasteiger partial charge on any atom is 0.246 e. The van der Waals surface area contributed by atoms with Crippen LogP contribution in [-0.4, -0.2) is 49.3 Å². The van der Waals surface area contributed by atoms with Crippen LogP contribution in [0.2, 0.25) is 0 Å². The molecule has 0 aliphatic heterocycles. The van der Waals surface area contributed by atoms with Crippen LogP contribution in [0, 0.1) is 5.82 Å². The van der Waals surface area contributed by atoms with Gasteiger partial charge in [-0.25, -0.2) is 4.39 Å². The molecule has 0 aliphatic rings.